The summed E-state index contributed by atoms with van der Waals surface area (Å²) in [5.74, 6) is -0.245. The Morgan fingerprint density at radius 1 is 1.48 bits per heavy atom. The minimum atomic E-state index is -0.650. The predicted octanol–water partition coefficient (Wildman–Crippen LogP) is 2.34. The van der Waals surface area contributed by atoms with Crippen LogP contribution < -0.4 is 10.5 Å². The summed E-state index contributed by atoms with van der Waals surface area (Å²) in [4.78, 5) is 12.4. The van der Waals surface area contributed by atoms with Crippen molar-refractivity contribution in [2.75, 3.05) is 13.7 Å². The van der Waals surface area contributed by atoms with Crippen molar-refractivity contribution in [1.29, 1.82) is 5.26 Å². The van der Waals surface area contributed by atoms with Crippen LogP contribution >= 0.6 is 0 Å². The fraction of sp³-hybridized carbons (Fsp3) is 0.294. The molecule has 0 aliphatic carbocycles. The number of benzene rings is 1. The monoisotopic (exact) mass is 314 g/mol. The van der Waals surface area contributed by atoms with Crippen molar-refractivity contribution in [2.45, 2.75) is 19.8 Å². The van der Waals surface area contributed by atoms with Gasteiger partial charge in [0.25, 0.3) is 0 Å². The highest BCUT2D eigenvalue weighted by Crippen LogP contribution is 2.40. The Morgan fingerprint density at radius 3 is 2.83 bits per heavy atom. The number of carbonyl (C=O) groups excluding carboxylic acids is 1. The summed E-state index contributed by atoms with van der Waals surface area (Å²) in [7, 11) is 1.55. The standard InChI is InChI=1S/C17H18N2O4/c1-4-22-17(20)14-10(2)23-16(19)13(9-18)15(14)11-6-5-7-12(8-11)21-3/h5-8,15H,4,19H2,1-3H3/t15-/m0/s1. The Bertz CT molecular complexity index is 728. The van der Waals surface area contributed by atoms with Crippen molar-refractivity contribution in [2.24, 2.45) is 5.73 Å². The Kier molecular flexibility index (Phi) is 4.91. The minimum Gasteiger partial charge on any atom is -0.497 e. The SMILES string of the molecule is CCOC(=O)C1=C(C)OC(N)=C(C#N)[C@@H]1c1cccc(OC)c1. The molecule has 0 spiro atoms. The molecule has 1 heterocycles. The maximum Gasteiger partial charge on any atom is 0.338 e. The summed E-state index contributed by atoms with van der Waals surface area (Å²) < 4.78 is 15.7. The van der Waals surface area contributed by atoms with Crippen molar-refractivity contribution in [1.82, 2.24) is 0 Å². The summed E-state index contributed by atoms with van der Waals surface area (Å²) in [5.41, 5.74) is 6.98. The van der Waals surface area contributed by atoms with Crippen molar-refractivity contribution in [3.05, 3.63) is 52.6 Å². The summed E-state index contributed by atoms with van der Waals surface area (Å²) in [6.07, 6.45) is 0. The fourth-order valence-electron chi connectivity index (χ4n) is 2.51. The molecule has 2 rings (SSSR count). The molecule has 1 aromatic rings. The molecule has 2 N–H and O–H groups in total. The molecule has 6 nitrogen and oxygen atoms in total. The van der Waals surface area contributed by atoms with Crippen LogP contribution in [0.3, 0.4) is 0 Å². The normalized spacial score (nSPS) is 17.4. The number of hydrogen-bond donors (Lipinski definition) is 1. The van der Waals surface area contributed by atoms with Gasteiger partial charge >= 0.3 is 5.97 Å². The first-order chi connectivity index (χ1) is 11.0. The first-order valence-corrected chi connectivity index (χ1v) is 7.12. The van der Waals surface area contributed by atoms with Gasteiger partial charge < -0.3 is 19.9 Å². The molecule has 0 aromatic heterocycles. The van der Waals surface area contributed by atoms with Gasteiger partial charge in [-0.25, -0.2) is 4.79 Å². The molecule has 1 aromatic carbocycles. The molecule has 120 valence electrons. The van der Waals surface area contributed by atoms with E-state index in [1.165, 1.54) is 0 Å². The molecule has 0 fully saturated rings. The van der Waals surface area contributed by atoms with Crippen LogP contribution in [-0.2, 0) is 14.3 Å². The number of ether oxygens (including phenoxy) is 3. The molecule has 0 amide bonds. The molecule has 1 atom stereocenters. The highest BCUT2D eigenvalue weighted by atomic mass is 16.5. The van der Waals surface area contributed by atoms with Gasteiger partial charge in [-0.3, -0.25) is 0 Å². The third-order valence-corrected chi connectivity index (χ3v) is 3.53. The molecule has 0 radical (unpaired) electrons. The topological polar surface area (TPSA) is 94.6 Å². The van der Waals surface area contributed by atoms with Crippen LogP contribution in [0.25, 0.3) is 0 Å². The van der Waals surface area contributed by atoms with Gasteiger partial charge in [-0.15, -0.1) is 0 Å². The lowest BCUT2D eigenvalue weighted by molar-refractivity contribution is -0.139. The van der Waals surface area contributed by atoms with Crippen LogP contribution in [0.15, 0.2) is 47.1 Å². The predicted molar refractivity (Wildman–Crippen MR) is 83.0 cm³/mol. The summed E-state index contributed by atoms with van der Waals surface area (Å²) in [6.45, 7) is 3.56. The van der Waals surface area contributed by atoms with Crippen molar-refractivity contribution >= 4 is 5.97 Å². The highest BCUT2D eigenvalue weighted by molar-refractivity contribution is 5.92. The average molecular weight is 314 g/mol. The van der Waals surface area contributed by atoms with Gasteiger partial charge in [0, 0.05) is 0 Å². The average Bonchev–Trinajstić information content (AvgIpc) is 2.54. The van der Waals surface area contributed by atoms with Crippen molar-refractivity contribution in [3.8, 4) is 11.8 Å². The smallest absolute Gasteiger partial charge is 0.338 e. The van der Waals surface area contributed by atoms with E-state index in [9.17, 15) is 10.1 Å². The van der Waals surface area contributed by atoms with Crippen LogP contribution in [0, 0.1) is 11.3 Å². The number of methoxy groups -OCH3 is 1. The third-order valence-electron chi connectivity index (χ3n) is 3.53. The number of esters is 1. The van der Waals surface area contributed by atoms with E-state index in [0.717, 1.165) is 0 Å². The largest absolute Gasteiger partial charge is 0.497 e. The van der Waals surface area contributed by atoms with E-state index in [1.807, 2.05) is 6.07 Å². The summed E-state index contributed by atoms with van der Waals surface area (Å²) in [6, 6.07) is 9.16. The Morgan fingerprint density at radius 2 is 2.22 bits per heavy atom. The van der Waals surface area contributed by atoms with Gasteiger partial charge in [0.15, 0.2) is 0 Å². The first-order valence-electron chi connectivity index (χ1n) is 7.12. The quantitative estimate of drug-likeness (QED) is 0.857. The van der Waals surface area contributed by atoms with Gasteiger partial charge in [-0.1, -0.05) is 12.1 Å². The van der Waals surface area contributed by atoms with Crippen LogP contribution in [0.1, 0.15) is 25.3 Å². The van der Waals surface area contributed by atoms with Crippen LogP contribution in [0.5, 0.6) is 5.75 Å². The second-order valence-electron chi connectivity index (χ2n) is 4.89. The van der Waals surface area contributed by atoms with E-state index in [1.54, 1.807) is 45.2 Å². The zero-order valence-corrected chi connectivity index (χ0v) is 13.3. The zero-order valence-electron chi connectivity index (χ0n) is 13.3. The van der Waals surface area contributed by atoms with Crippen LogP contribution in [0.4, 0.5) is 0 Å². The van der Waals surface area contributed by atoms with Gasteiger partial charge in [0.2, 0.25) is 5.88 Å². The fourth-order valence-corrected chi connectivity index (χ4v) is 2.51. The van der Waals surface area contributed by atoms with Gasteiger partial charge in [-0.2, -0.15) is 5.26 Å². The second kappa shape index (κ2) is 6.88. The number of hydrogen-bond acceptors (Lipinski definition) is 6. The Hall–Kier alpha value is -2.94. The number of rotatable bonds is 4. The molecule has 0 unspecified atom stereocenters. The number of allylic oxidation sites excluding steroid dienone is 2. The van der Waals surface area contributed by atoms with Gasteiger partial charge in [-0.05, 0) is 31.5 Å². The summed E-state index contributed by atoms with van der Waals surface area (Å²) in [5, 5.41) is 9.46. The lowest BCUT2D eigenvalue weighted by atomic mass is 9.83. The maximum absolute atomic E-state index is 12.4. The lowest BCUT2D eigenvalue weighted by Crippen LogP contribution is -2.25. The number of carbonyl (C=O) groups is 1. The Balaban J connectivity index is 2.61. The lowest BCUT2D eigenvalue weighted by Gasteiger charge is -2.27. The van der Waals surface area contributed by atoms with Crippen LogP contribution in [-0.4, -0.2) is 19.7 Å². The molecule has 0 saturated carbocycles. The van der Waals surface area contributed by atoms with E-state index in [4.69, 9.17) is 19.9 Å². The number of nitrogens with zero attached hydrogens (tertiary/aromatic N) is 1. The minimum absolute atomic E-state index is 0.00846. The number of nitriles is 1. The van der Waals surface area contributed by atoms with Gasteiger partial charge in [0.1, 0.15) is 23.2 Å². The molecule has 0 saturated heterocycles. The first kappa shape index (κ1) is 16.4. The van der Waals surface area contributed by atoms with E-state index in [-0.39, 0.29) is 23.6 Å². The Labute approximate surface area is 134 Å². The number of nitrogens with two attached hydrogens (primary N) is 1. The second-order valence-corrected chi connectivity index (χ2v) is 4.89. The van der Waals surface area contributed by atoms with E-state index in [0.29, 0.717) is 17.1 Å². The third kappa shape index (κ3) is 3.14. The molecular weight excluding hydrogens is 296 g/mol. The van der Waals surface area contributed by atoms with E-state index >= 15 is 0 Å². The maximum atomic E-state index is 12.4. The molecule has 0 bridgehead atoms. The van der Waals surface area contributed by atoms with E-state index < -0.39 is 11.9 Å². The molecule has 1 aliphatic heterocycles. The highest BCUT2D eigenvalue weighted by Gasteiger charge is 2.36. The molecule has 23 heavy (non-hydrogen) atoms. The zero-order chi connectivity index (χ0) is 17.0. The molecule has 6 heteroatoms. The van der Waals surface area contributed by atoms with Gasteiger partial charge in [0.05, 0.1) is 25.2 Å². The van der Waals surface area contributed by atoms with E-state index in [2.05, 4.69) is 0 Å². The summed E-state index contributed by atoms with van der Waals surface area (Å²) >= 11 is 0. The van der Waals surface area contributed by atoms with Crippen molar-refractivity contribution < 1.29 is 19.0 Å². The molecular formula is C17H18N2O4. The van der Waals surface area contributed by atoms with Crippen molar-refractivity contribution in [3.63, 3.8) is 0 Å². The molecule has 1 aliphatic rings. The van der Waals surface area contributed by atoms with Crippen LogP contribution in [0.2, 0.25) is 0 Å².